The van der Waals surface area contributed by atoms with E-state index in [1.807, 2.05) is 0 Å². The normalized spacial score (nSPS) is 12.4. The molecular weight excluding hydrogens is 304 g/mol. The predicted octanol–water partition coefficient (Wildman–Crippen LogP) is 1.46. The Labute approximate surface area is 122 Å². The standard InChI is InChI=1S/C12H13ClN2O4S/c1-9(8-14)19-12(16)6-7-15-20(17,18)11-5-3-2-4-10(11)13/h2-5,9,15H,6-7H2,1H3/t9-/m0/s1. The predicted molar refractivity (Wildman–Crippen MR) is 72.4 cm³/mol. The minimum atomic E-state index is -3.78. The Morgan fingerprint density at radius 3 is 2.75 bits per heavy atom. The number of nitriles is 1. The number of halogens is 1. The molecule has 0 saturated carbocycles. The molecule has 0 aromatic heterocycles. The van der Waals surface area contributed by atoms with Gasteiger partial charge < -0.3 is 4.74 Å². The second-order valence-electron chi connectivity index (χ2n) is 3.84. The van der Waals surface area contributed by atoms with Gasteiger partial charge in [-0.05, 0) is 19.1 Å². The first kappa shape index (κ1) is 16.4. The summed E-state index contributed by atoms with van der Waals surface area (Å²) in [7, 11) is -3.78. The van der Waals surface area contributed by atoms with Crippen LogP contribution in [0.25, 0.3) is 0 Å². The van der Waals surface area contributed by atoms with Gasteiger partial charge in [0.25, 0.3) is 0 Å². The van der Waals surface area contributed by atoms with Crippen LogP contribution in [0.1, 0.15) is 13.3 Å². The fourth-order valence-electron chi connectivity index (χ4n) is 1.31. The Kier molecular flexibility index (Phi) is 5.95. The Morgan fingerprint density at radius 1 is 1.50 bits per heavy atom. The molecular formula is C12H13ClN2O4S. The van der Waals surface area contributed by atoms with E-state index in [1.54, 1.807) is 18.2 Å². The minimum Gasteiger partial charge on any atom is -0.447 e. The largest absolute Gasteiger partial charge is 0.447 e. The van der Waals surface area contributed by atoms with Crippen LogP contribution in [0.4, 0.5) is 0 Å². The van der Waals surface area contributed by atoms with Crippen molar-refractivity contribution in [1.82, 2.24) is 4.72 Å². The summed E-state index contributed by atoms with van der Waals surface area (Å²) in [6, 6.07) is 7.71. The summed E-state index contributed by atoms with van der Waals surface area (Å²) in [5.41, 5.74) is 0. The van der Waals surface area contributed by atoms with Gasteiger partial charge >= 0.3 is 5.97 Å². The second-order valence-corrected chi connectivity index (χ2v) is 5.98. The fraction of sp³-hybridized carbons (Fsp3) is 0.333. The van der Waals surface area contributed by atoms with Gasteiger partial charge in [-0.1, -0.05) is 23.7 Å². The van der Waals surface area contributed by atoms with Gasteiger partial charge in [0.05, 0.1) is 11.4 Å². The summed E-state index contributed by atoms with van der Waals surface area (Å²) in [5, 5.41) is 8.56. The van der Waals surface area contributed by atoms with Crippen molar-refractivity contribution < 1.29 is 17.9 Å². The average molecular weight is 317 g/mol. The number of nitrogens with zero attached hydrogens (tertiary/aromatic N) is 1. The molecule has 108 valence electrons. The summed E-state index contributed by atoms with van der Waals surface area (Å²) in [6.45, 7) is 1.29. The number of hydrogen-bond acceptors (Lipinski definition) is 5. The molecule has 0 aliphatic carbocycles. The maximum atomic E-state index is 11.9. The van der Waals surface area contributed by atoms with Gasteiger partial charge in [-0.3, -0.25) is 4.79 Å². The zero-order chi connectivity index (χ0) is 15.2. The van der Waals surface area contributed by atoms with Crippen molar-refractivity contribution >= 4 is 27.6 Å². The van der Waals surface area contributed by atoms with E-state index in [1.165, 1.54) is 19.1 Å². The van der Waals surface area contributed by atoms with Crippen molar-refractivity contribution in [3.63, 3.8) is 0 Å². The molecule has 0 heterocycles. The number of hydrogen-bond donors (Lipinski definition) is 1. The summed E-state index contributed by atoms with van der Waals surface area (Å²) in [5.74, 6) is -0.652. The van der Waals surface area contributed by atoms with E-state index in [4.69, 9.17) is 16.9 Å². The maximum absolute atomic E-state index is 11.9. The van der Waals surface area contributed by atoms with Crippen molar-refractivity contribution in [3.8, 4) is 6.07 Å². The summed E-state index contributed by atoms with van der Waals surface area (Å²) < 4.78 is 30.8. The molecule has 0 amide bonds. The van der Waals surface area contributed by atoms with E-state index >= 15 is 0 Å². The van der Waals surface area contributed by atoms with Crippen LogP contribution >= 0.6 is 11.6 Å². The lowest BCUT2D eigenvalue weighted by Gasteiger charge is -2.08. The molecule has 0 aliphatic rings. The molecule has 1 atom stereocenters. The Bertz CT molecular complexity index is 625. The highest BCUT2D eigenvalue weighted by molar-refractivity contribution is 7.89. The number of carbonyl (C=O) groups is 1. The van der Waals surface area contributed by atoms with E-state index in [9.17, 15) is 13.2 Å². The van der Waals surface area contributed by atoms with Crippen molar-refractivity contribution in [2.24, 2.45) is 0 Å². The first-order valence-corrected chi connectivity index (χ1v) is 7.56. The van der Waals surface area contributed by atoms with Crippen LogP contribution in [-0.2, 0) is 19.6 Å². The van der Waals surface area contributed by atoms with Gasteiger partial charge in [0.1, 0.15) is 11.0 Å². The summed E-state index contributed by atoms with van der Waals surface area (Å²) >= 11 is 5.79. The number of carbonyl (C=O) groups excluding carboxylic acids is 1. The Morgan fingerprint density at radius 2 is 2.15 bits per heavy atom. The molecule has 0 unspecified atom stereocenters. The highest BCUT2D eigenvalue weighted by Crippen LogP contribution is 2.19. The molecule has 0 radical (unpaired) electrons. The van der Waals surface area contributed by atoms with Crippen LogP contribution in [0.3, 0.4) is 0 Å². The zero-order valence-electron chi connectivity index (χ0n) is 10.7. The van der Waals surface area contributed by atoms with Crippen LogP contribution < -0.4 is 4.72 Å². The third-order valence-electron chi connectivity index (χ3n) is 2.24. The molecule has 6 nitrogen and oxygen atoms in total. The molecule has 0 bridgehead atoms. The Balaban J connectivity index is 2.56. The van der Waals surface area contributed by atoms with Crippen molar-refractivity contribution in [3.05, 3.63) is 29.3 Å². The van der Waals surface area contributed by atoms with Crippen molar-refractivity contribution in [1.29, 1.82) is 5.26 Å². The SMILES string of the molecule is C[C@@H](C#N)OC(=O)CCNS(=O)(=O)c1ccccc1Cl. The molecule has 1 aromatic carbocycles. The lowest BCUT2D eigenvalue weighted by Crippen LogP contribution is -2.27. The first-order chi connectivity index (χ1) is 9.36. The molecule has 0 saturated heterocycles. The van der Waals surface area contributed by atoms with Crippen LogP contribution in [0.15, 0.2) is 29.2 Å². The average Bonchev–Trinajstić information content (AvgIpc) is 2.38. The van der Waals surface area contributed by atoms with Gasteiger partial charge in [-0.25, -0.2) is 13.1 Å². The van der Waals surface area contributed by atoms with Crippen molar-refractivity contribution in [2.45, 2.75) is 24.3 Å². The topological polar surface area (TPSA) is 96.3 Å². The van der Waals surface area contributed by atoms with Gasteiger partial charge in [0.2, 0.25) is 10.0 Å². The molecule has 0 aliphatic heterocycles. The molecule has 20 heavy (non-hydrogen) atoms. The monoisotopic (exact) mass is 316 g/mol. The number of benzene rings is 1. The molecule has 1 aromatic rings. The van der Waals surface area contributed by atoms with E-state index < -0.39 is 22.1 Å². The van der Waals surface area contributed by atoms with E-state index in [2.05, 4.69) is 9.46 Å². The van der Waals surface area contributed by atoms with Crippen LogP contribution in [0.5, 0.6) is 0 Å². The molecule has 1 rings (SSSR count). The van der Waals surface area contributed by atoms with Crippen LogP contribution in [0.2, 0.25) is 5.02 Å². The Hall–Kier alpha value is -1.62. The third-order valence-corrected chi connectivity index (χ3v) is 4.20. The number of ether oxygens (including phenoxy) is 1. The summed E-state index contributed by atoms with van der Waals surface area (Å²) in [6.07, 6.45) is -1.03. The maximum Gasteiger partial charge on any atom is 0.308 e. The van der Waals surface area contributed by atoms with Gasteiger partial charge in [-0.15, -0.1) is 0 Å². The van der Waals surface area contributed by atoms with Gasteiger partial charge in [-0.2, -0.15) is 5.26 Å². The zero-order valence-corrected chi connectivity index (χ0v) is 12.2. The smallest absolute Gasteiger partial charge is 0.308 e. The number of nitrogens with one attached hydrogen (secondary N) is 1. The van der Waals surface area contributed by atoms with E-state index in [0.717, 1.165) is 0 Å². The molecule has 8 heteroatoms. The van der Waals surface area contributed by atoms with Gasteiger partial charge in [0.15, 0.2) is 6.10 Å². The number of rotatable bonds is 6. The van der Waals surface area contributed by atoms with Crippen molar-refractivity contribution in [2.75, 3.05) is 6.54 Å². The van der Waals surface area contributed by atoms with E-state index in [-0.39, 0.29) is 22.9 Å². The molecule has 0 fully saturated rings. The van der Waals surface area contributed by atoms with Crippen LogP contribution in [0, 0.1) is 11.3 Å². The molecule has 0 spiro atoms. The highest BCUT2D eigenvalue weighted by Gasteiger charge is 2.17. The quantitative estimate of drug-likeness (QED) is 0.801. The number of esters is 1. The molecule has 1 N–H and O–H groups in total. The lowest BCUT2D eigenvalue weighted by molar-refractivity contribution is -0.145. The highest BCUT2D eigenvalue weighted by atomic mass is 35.5. The van der Waals surface area contributed by atoms with Gasteiger partial charge in [0, 0.05) is 6.54 Å². The minimum absolute atomic E-state index is 0.0552. The third kappa shape index (κ3) is 4.81. The first-order valence-electron chi connectivity index (χ1n) is 5.70. The number of sulfonamides is 1. The van der Waals surface area contributed by atoms with Crippen LogP contribution in [-0.4, -0.2) is 27.0 Å². The fourth-order valence-corrected chi connectivity index (χ4v) is 2.86. The summed E-state index contributed by atoms with van der Waals surface area (Å²) in [4.78, 5) is 11.2. The lowest BCUT2D eigenvalue weighted by atomic mass is 10.4. The second kappa shape index (κ2) is 7.24. The van der Waals surface area contributed by atoms with E-state index in [0.29, 0.717) is 0 Å².